The molecule has 0 aliphatic carbocycles. The Morgan fingerprint density at radius 1 is 1.12 bits per heavy atom. The summed E-state index contributed by atoms with van der Waals surface area (Å²) in [7, 11) is 2.95. The number of thiophene rings is 1. The van der Waals surface area contributed by atoms with Gasteiger partial charge in [0.15, 0.2) is 0 Å². The maximum atomic E-state index is 13.3. The maximum Gasteiger partial charge on any atom is 0.295 e. The van der Waals surface area contributed by atoms with E-state index in [0.717, 1.165) is 10.4 Å². The molecule has 0 bridgehead atoms. The summed E-state index contributed by atoms with van der Waals surface area (Å²) in [6, 6.07) is 13.4. The normalized spacial score (nSPS) is 17.5. The fraction of sp³-hybridized carbons (Fsp3) is 0.200. The van der Waals surface area contributed by atoms with Crippen LogP contribution in [0.1, 0.15) is 27.6 Å². The summed E-state index contributed by atoms with van der Waals surface area (Å²) < 4.78 is 10.9. The number of nitrogens with zero attached hydrogens (tertiary/aromatic N) is 1. The Morgan fingerprint density at radius 2 is 1.88 bits per heavy atom. The average molecular weight is 484 g/mol. The van der Waals surface area contributed by atoms with Crippen molar-refractivity contribution in [1.29, 1.82) is 0 Å². The molecule has 0 spiro atoms. The second-order valence-corrected chi connectivity index (χ2v) is 9.02. The number of Topliss-reactive ketones (excluding diaryl/α,β-unsaturated/α-hetero) is 1. The summed E-state index contributed by atoms with van der Waals surface area (Å²) in [5.74, 6) is -1.10. The van der Waals surface area contributed by atoms with Gasteiger partial charge in [-0.15, -0.1) is 11.3 Å². The number of ketones is 1. The quantitative estimate of drug-likeness (QED) is 0.290. The van der Waals surface area contributed by atoms with Gasteiger partial charge in [0.05, 0.1) is 43.0 Å². The van der Waals surface area contributed by atoms with E-state index in [1.807, 2.05) is 24.4 Å². The number of halogens is 1. The Bertz CT molecular complexity index is 1250. The number of aryl methyl sites for hydroxylation is 1. The van der Waals surface area contributed by atoms with Crippen molar-refractivity contribution in [2.45, 2.75) is 19.5 Å². The molecule has 2 heterocycles. The molecule has 1 N–H and O–H groups in total. The summed E-state index contributed by atoms with van der Waals surface area (Å²) in [6.45, 7) is 2.03. The van der Waals surface area contributed by atoms with Crippen molar-refractivity contribution >= 4 is 40.4 Å². The Kier molecular flexibility index (Phi) is 6.44. The monoisotopic (exact) mass is 483 g/mol. The number of ether oxygens (including phenoxy) is 2. The standard InChI is InChI=1S/C25H22ClNO5S/c1-14-11-17(24(32-3)18(26)12-14)22(28)20-21(16-8-4-5-9-19(16)31-2)27(25(30)23(20)29)13-15-7-6-10-33-15/h4-12,21,28H,13H2,1-3H3/b22-20+. The summed E-state index contributed by atoms with van der Waals surface area (Å²) >= 11 is 7.82. The molecule has 33 heavy (non-hydrogen) atoms. The summed E-state index contributed by atoms with van der Waals surface area (Å²) in [5.41, 5.74) is 1.57. The Morgan fingerprint density at radius 3 is 2.55 bits per heavy atom. The van der Waals surface area contributed by atoms with E-state index in [2.05, 4.69) is 0 Å². The second kappa shape index (κ2) is 9.29. The Balaban J connectivity index is 1.97. The summed E-state index contributed by atoms with van der Waals surface area (Å²) in [4.78, 5) is 28.8. The van der Waals surface area contributed by atoms with Gasteiger partial charge in [-0.3, -0.25) is 9.59 Å². The first-order chi connectivity index (χ1) is 15.9. The highest BCUT2D eigenvalue weighted by molar-refractivity contribution is 7.09. The van der Waals surface area contributed by atoms with E-state index in [-0.39, 0.29) is 29.2 Å². The lowest BCUT2D eigenvalue weighted by atomic mass is 9.94. The number of likely N-dealkylation sites (tertiary alicyclic amines) is 1. The molecule has 170 valence electrons. The van der Waals surface area contributed by atoms with Crippen LogP contribution < -0.4 is 9.47 Å². The van der Waals surface area contributed by atoms with Crippen molar-refractivity contribution in [3.63, 3.8) is 0 Å². The number of carbonyl (C=O) groups excluding carboxylic acids is 2. The van der Waals surface area contributed by atoms with Gasteiger partial charge in [-0.05, 0) is 42.1 Å². The molecule has 4 rings (SSSR count). The van der Waals surface area contributed by atoms with Crippen LogP contribution in [0.4, 0.5) is 0 Å². The van der Waals surface area contributed by atoms with Gasteiger partial charge < -0.3 is 19.5 Å². The van der Waals surface area contributed by atoms with E-state index in [0.29, 0.717) is 16.3 Å². The average Bonchev–Trinajstić information content (AvgIpc) is 3.40. The number of hydrogen-bond donors (Lipinski definition) is 1. The van der Waals surface area contributed by atoms with Crippen LogP contribution in [0.2, 0.25) is 5.02 Å². The lowest BCUT2D eigenvalue weighted by molar-refractivity contribution is -0.140. The number of benzene rings is 2. The first-order valence-corrected chi connectivity index (χ1v) is 11.4. The van der Waals surface area contributed by atoms with Crippen molar-refractivity contribution in [2.75, 3.05) is 14.2 Å². The fourth-order valence-electron chi connectivity index (χ4n) is 4.09. The molecule has 1 aliphatic rings. The zero-order valence-corrected chi connectivity index (χ0v) is 19.9. The molecule has 6 nitrogen and oxygen atoms in total. The molecule has 1 amide bonds. The molecule has 1 fully saturated rings. The van der Waals surface area contributed by atoms with Crippen LogP contribution in [-0.4, -0.2) is 35.9 Å². The number of hydrogen-bond acceptors (Lipinski definition) is 6. The third-order valence-electron chi connectivity index (χ3n) is 5.53. The molecule has 3 aromatic rings. The van der Waals surface area contributed by atoms with E-state index in [4.69, 9.17) is 21.1 Å². The van der Waals surface area contributed by atoms with Crippen LogP contribution >= 0.6 is 22.9 Å². The number of aliphatic hydroxyl groups is 1. The van der Waals surface area contributed by atoms with Gasteiger partial charge in [0.1, 0.15) is 17.3 Å². The predicted octanol–water partition coefficient (Wildman–Crippen LogP) is 5.35. The predicted molar refractivity (Wildman–Crippen MR) is 128 cm³/mol. The van der Waals surface area contributed by atoms with Crippen LogP contribution in [0.3, 0.4) is 0 Å². The van der Waals surface area contributed by atoms with Gasteiger partial charge >= 0.3 is 0 Å². The van der Waals surface area contributed by atoms with E-state index in [9.17, 15) is 14.7 Å². The van der Waals surface area contributed by atoms with Crippen LogP contribution in [0.5, 0.6) is 11.5 Å². The Hall–Kier alpha value is -3.29. The fourth-order valence-corrected chi connectivity index (χ4v) is 5.14. The smallest absolute Gasteiger partial charge is 0.295 e. The first-order valence-electron chi connectivity index (χ1n) is 10.2. The van der Waals surface area contributed by atoms with Crippen LogP contribution in [-0.2, 0) is 16.1 Å². The molecular weight excluding hydrogens is 462 g/mol. The zero-order chi connectivity index (χ0) is 23.7. The van der Waals surface area contributed by atoms with Crippen molar-refractivity contribution in [2.24, 2.45) is 0 Å². The van der Waals surface area contributed by atoms with Crippen LogP contribution in [0.25, 0.3) is 5.76 Å². The zero-order valence-electron chi connectivity index (χ0n) is 18.3. The van der Waals surface area contributed by atoms with E-state index in [1.165, 1.54) is 30.5 Å². The minimum atomic E-state index is -0.854. The highest BCUT2D eigenvalue weighted by Crippen LogP contribution is 2.45. The van der Waals surface area contributed by atoms with Crippen molar-refractivity contribution in [1.82, 2.24) is 4.90 Å². The minimum Gasteiger partial charge on any atom is -0.507 e. The molecule has 1 atom stereocenters. The van der Waals surface area contributed by atoms with Gasteiger partial charge in [-0.25, -0.2) is 0 Å². The van der Waals surface area contributed by atoms with Crippen molar-refractivity contribution < 1.29 is 24.2 Å². The number of aliphatic hydroxyl groups excluding tert-OH is 1. The van der Waals surface area contributed by atoms with E-state index >= 15 is 0 Å². The Labute approximate surface area is 200 Å². The topological polar surface area (TPSA) is 76.1 Å². The lowest BCUT2D eigenvalue weighted by Gasteiger charge is -2.26. The summed E-state index contributed by atoms with van der Waals surface area (Å²) in [5, 5.41) is 13.6. The molecule has 1 unspecified atom stereocenters. The van der Waals surface area contributed by atoms with Gasteiger partial charge in [0.25, 0.3) is 11.7 Å². The minimum absolute atomic E-state index is 0.0407. The summed E-state index contributed by atoms with van der Waals surface area (Å²) in [6.07, 6.45) is 0. The van der Waals surface area contributed by atoms with Crippen LogP contribution in [0, 0.1) is 6.92 Å². The second-order valence-electron chi connectivity index (χ2n) is 7.58. The molecule has 2 aromatic carbocycles. The van der Waals surface area contributed by atoms with Gasteiger partial charge in [-0.1, -0.05) is 35.9 Å². The molecule has 1 aliphatic heterocycles. The number of amides is 1. The molecule has 1 saturated heterocycles. The van der Waals surface area contributed by atoms with Crippen LogP contribution in [0.15, 0.2) is 59.5 Å². The van der Waals surface area contributed by atoms with Crippen molar-refractivity contribution in [3.05, 3.63) is 86.1 Å². The van der Waals surface area contributed by atoms with Gasteiger partial charge in [-0.2, -0.15) is 0 Å². The van der Waals surface area contributed by atoms with Gasteiger partial charge in [0, 0.05) is 10.4 Å². The maximum absolute atomic E-state index is 13.3. The number of rotatable bonds is 6. The number of carbonyl (C=O) groups is 2. The SMILES string of the molecule is COc1ccccc1C1/C(=C(\O)c2cc(C)cc(Cl)c2OC)C(=O)C(=O)N1Cc1cccs1. The molecular formula is C25H22ClNO5S. The third kappa shape index (κ3) is 4.10. The molecule has 8 heteroatoms. The van der Waals surface area contributed by atoms with Crippen molar-refractivity contribution in [3.8, 4) is 11.5 Å². The largest absolute Gasteiger partial charge is 0.507 e. The molecule has 1 aromatic heterocycles. The number of para-hydroxylation sites is 1. The highest BCUT2D eigenvalue weighted by atomic mass is 35.5. The van der Waals surface area contributed by atoms with E-state index < -0.39 is 17.7 Å². The molecule has 0 radical (unpaired) electrons. The molecule has 0 saturated carbocycles. The third-order valence-corrected chi connectivity index (χ3v) is 6.67. The first kappa shape index (κ1) is 22.9. The highest BCUT2D eigenvalue weighted by Gasteiger charge is 2.47. The van der Waals surface area contributed by atoms with Gasteiger partial charge in [0.2, 0.25) is 0 Å². The van der Waals surface area contributed by atoms with E-state index in [1.54, 1.807) is 36.4 Å². The number of methoxy groups -OCH3 is 2. The lowest BCUT2D eigenvalue weighted by Crippen LogP contribution is -2.29.